The molecule has 0 saturated heterocycles. The van der Waals surface area contributed by atoms with Crippen molar-refractivity contribution in [1.82, 2.24) is 10.2 Å². The quantitative estimate of drug-likeness (QED) is 0.293. The predicted molar refractivity (Wildman–Crippen MR) is 158 cm³/mol. The van der Waals surface area contributed by atoms with E-state index in [9.17, 15) is 18.0 Å². The van der Waals surface area contributed by atoms with E-state index in [2.05, 4.69) is 5.32 Å². The van der Waals surface area contributed by atoms with Crippen molar-refractivity contribution in [1.29, 1.82) is 0 Å². The maximum absolute atomic E-state index is 14.0. The molecule has 0 aliphatic heterocycles. The molecule has 3 rings (SSSR count). The number of nitrogens with zero attached hydrogens (tertiary/aromatic N) is 2. The maximum atomic E-state index is 14.0. The lowest BCUT2D eigenvalue weighted by Gasteiger charge is -2.32. The van der Waals surface area contributed by atoms with Gasteiger partial charge in [-0.3, -0.25) is 13.9 Å². The van der Waals surface area contributed by atoms with Gasteiger partial charge in [-0.2, -0.15) is 0 Å². The summed E-state index contributed by atoms with van der Waals surface area (Å²) in [4.78, 5) is 28.4. The molecule has 2 atom stereocenters. The van der Waals surface area contributed by atoms with Crippen LogP contribution in [-0.2, 0) is 26.2 Å². The number of hydrogen-bond acceptors (Lipinski definition) is 5. The number of methoxy groups -OCH3 is 1. The molecule has 0 aliphatic carbocycles. The fraction of sp³-hybridized carbons (Fsp3) is 0.310. The van der Waals surface area contributed by atoms with Crippen LogP contribution in [0.1, 0.15) is 32.8 Å². The molecule has 0 radical (unpaired) electrons. The third kappa shape index (κ3) is 7.68. The molecule has 214 valence electrons. The van der Waals surface area contributed by atoms with Gasteiger partial charge in [-0.25, -0.2) is 8.42 Å². The minimum absolute atomic E-state index is 0.00121. The zero-order valence-electron chi connectivity index (χ0n) is 22.8. The van der Waals surface area contributed by atoms with E-state index in [0.717, 1.165) is 4.31 Å². The van der Waals surface area contributed by atoms with Crippen LogP contribution < -0.4 is 14.4 Å². The van der Waals surface area contributed by atoms with Gasteiger partial charge in [0.1, 0.15) is 18.3 Å². The number of rotatable bonds is 12. The first kappa shape index (κ1) is 31.3. The number of sulfonamides is 1. The van der Waals surface area contributed by atoms with Crippen LogP contribution >= 0.6 is 23.2 Å². The number of amides is 2. The van der Waals surface area contributed by atoms with Crippen LogP contribution in [0.15, 0.2) is 77.7 Å². The number of carbonyl (C=O) groups excluding carboxylic acids is 2. The van der Waals surface area contributed by atoms with Crippen LogP contribution in [-0.4, -0.2) is 50.9 Å². The standard InChI is InChI=1S/C29H33Cl2N3O5S/c1-5-20(2)32-29(36)21(3)33(18-22-10-9-11-23(30)16-22)28(35)19-34(24-14-15-27(39-4)26(31)17-24)40(37,38)25-12-7-6-8-13-25/h6-17,20-21H,5,18-19H2,1-4H3,(H,32,36)/t20-,21+/m0/s1. The molecular weight excluding hydrogens is 573 g/mol. The Kier molecular flexibility index (Phi) is 10.8. The van der Waals surface area contributed by atoms with Crippen LogP contribution in [0.5, 0.6) is 5.75 Å². The molecule has 0 unspecified atom stereocenters. The predicted octanol–water partition coefficient (Wildman–Crippen LogP) is 5.53. The zero-order valence-corrected chi connectivity index (χ0v) is 25.1. The minimum atomic E-state index is -4.20. The lowest BCUT2D eigenvalue weighted by Crippen LogP contribution is -2.52. The van der Waals surface area contributed by atoms with Crippen molar-refractivity contribution in [2.24, 2.45) is 0 Å². The molecule has 0 bridgehead atoms. The summed E-state index contributed by atoms with van der Waals surface area (Å²) < 4.78 is 33.9. The van der Waals surface area contributed by atoms with Gasteiger partial charge in [0.25, 0.3) is 10.0 Å². The van der Waals surface area contributed by atoms with E-state index >= 15 is 0 Å². The molecule has 3 aromatic rings. The van der Waals surface area contributed by atoms with Crippen molar-refractivity contribution in [2.75, 3.05) is 18.0 Å². The molecule has 8 nitrogen and oxygen atoms in total. The summed E-state index contributed by atoms with van der Waals surface area (Å²) in [6.45, 7) is 4.88. The normalized spacial score (nSPS) is 12.8. The molecule has 0 aromatic heterocycles. The third-order valence-corrected chi connectivity index (χ3v) is 8.76. The third-order valence-electron chi connectivity index (χ3n) is 6.44. The highest BCUT2D eigenvalue weighted by Crippen LogP contribution is 2.32. The maximum Gasteiger partial charge on any atom is 0.264 e. The van der Waals surface area contributed by atoms with Gasteiger partial charge in [0.15, 0.2) is 0 Å². The second-order valence-electron chi connectivity index (χ2n) is 9.29. The first-order valence-corrected chi connectivity index (χ1v) is 14.9. The lowest BCUT2D eigenvalue weighted by atomic mass is 10.1. The Bertz CT molecular complexity index is 1440. The van der Waals surface area contributed by atoms with E-state index in [0.29, 0.717) is 22.8 Å². The molecule has 3 aromatic carbocycles. The Labute approximate surface area is 245 Å². The summed E-state index contributed by atoms with van der Waals surface area (Å²) in [7, 11) is -2.76. The first-order chi connectivity index (χ1) is 19.0. The van der Waals surface area contributed by atoms with E-state index < -0.39 is 28.5 Å². The SMILES string of the molecule is CC[C@H](C)NC(=O)[C@@H](C)N(Cc1cccc(Cl)c1)C(=O)CN(c1ccc(OC)c(Cl)c1)S(=O)(=O)c1ccccc1. The largest absolute Gasteiger partial charge is 0.495 e. The van der Waals surface area contributed by atoms with Gasteiger partial charge in [-0.1, -0.05) is 60.5 Å². The van der Waals surface area contributed by atoms with Crippen molar-refractivity contribution in [3.8, 4) is 5.75 Å². The molecule has 2 amide bonds. The molecule has 11 heteroatoms. The molecular formula is C29H33Cl2N3O5S. The van der Waals surface area contributed by atoms with E-state index in [4.69, 9.17) is 27.9 Å². The van der Waals surface area contributed by atoms with Gasteiger partial charge in [0, 0.05) is 17.6 Å². The van der Waals surface area contributed by atoms with Gasteiger partial charge in [0.2, 0.25) is 11.8 Å². The Balaban J connectivity index is 2.05. The summed E-state index contributed by atoms with van der Waals surface area (Å²) in [5, 5.41) is 3.55. The van der Waals surface area contributed by atoms with E-state index in [1.54, 1.807) is 49.4 Å². The number of hydrogen-bond donors (Lipinski definition) is 1. The van der Waals surface area contributed by atoms with Crippen LogP contribution in [0.2, 0.25) is 10.0 Å². The summed E-state index contributed by atoms with van der Waals surface area (Å²) in [6, 6.07) is 18.2. The second-order valence-corrected chi connectivity index (χ2v) is 12.0. The molecule has 0 spiro atoms. The van der Waals surface area contributed by atoms with E-state index in [1.165, 1.54) is 42.3 Å². The summed E-state index contributed by atoms with van der Waals surface area (Å²) in [6.07, 6.45) is 0.710. The summed E-state index contributed by atoms with van der Waals surface area (Å²) >= 11 is 12.5. The number of benzene rings is 3. The zero-order chi connectivity index (χ0) is 29.4. The lowest BCUT2D eigenvalue weighted by molar-refractivity contribution is -0.139. The molecule has 40 heavy (non-hydrogen) atoms. The summed E-state index contributed by atoms with van der Waals surface area (Å²) in [5.41, 5.74) is 0.858. The van der Waals surface area contributed by atoms with Crippen molar-refractivity contribution in [3.63, 3.8) is 0 Å². The smallest absolute Gasteiger partial charge is 0.264 e. The topological polar surface area (TPSA) is 96.0 Å². The molecule has 0 fully saturated rings. The number of halogens is 2. The highest BCUT2D eigenvalue weighted by atomic mass is 35.5. The van der Waals surface area contributed by atoms with Gasteiger partial charge < -0.3 is 15.0 Å². The average Bonchev–Trinajstić information content (AvgIpc) is 2.94. The minimum Gasteiger partial charge on any atom is -0.495 e. The monoisotopic (exact) mass is 605 g/mol. The highest BCUT2D eigenvalue weighted by Gasteiger charge is 2.33. The Morgan fingerprint density at radius 1 is 0.975 bits per heavy atom. The van der Waals surface area contributed by atoms with Gasteiger partial charge in [-0.05, 0) is 68.3 Å². The molecule has 0 heterocycles. The van der Waals surface area contributed by atoms with Gasteiger partial charge >= 0.3 is 0 Å². The van der Waals surface area contributed by atoms with Crippen molar-refractivity contribution >= 4 is 50.7 Å². The fourth-order valence-electron chi connectivity index (χ4n) is 3.94. The Morgan fingerprint density at radius 3 is 2.27 bits per heavy atom. The first-order valence-electron chi connectivity index (χ1n) is 12.7. The summed E-state index contributed by atoms with van der Waals surface area (Å²) in [5.74, 6) is -0.584. The molecule has 1 N–H and O–H groups in total. The van der Waals surface area contributed by atoms with Crippen molar-refractivity contribution < 1.29 is 22.7 Å². The Morgan fingerprint density at radius 2 is 1.68 bits per heavy atom. The van der Waals surface area contributed by atoms with Gasteiger partial charge in [-0.15, -0.1) is 0 Å². The fourth-order valence-corrected chi connectivity index (χ4v) is 5.83. The molecule has 0 saturated carbocycles. The van der Waals surface area contributed by atoms with E-state index in [-0.39, 0.29) is 34.1 Å². The Hall–Kier alpha value is -3.27. The average molecular weight is 607 g/mol. The van der Waals surface area contributed by atoms with Crippen LogP contribution in [0.4, 0.5) is 5.69 Å². The number of anilines is 1. The van der Waals surface area contributed by atoms with Crippen molar-refractivity contribution in [2.45, 2.75) is 50.7 Å². The van der Waals surface area contributed by atoms with Crippen molar-refractivity contribution in [3.05, 3.63) is 88.4 Å². The van der Waals surface area contributed by atoms with E-state index in [1.807, 2.05) is 13.8 Å². The second kappa shape index (κ2) is 13.9. The highest BCUT2D eigenvalue weighted by molar-refractivity contribution is 7.92. The number of ether oxygens (including phenoxy) is 1. The van der Waals surface area contributed by atoms with Crippen LogP contribution in [0.3, 0.4) is 0 Å². The molecule has 0 aliphatic rings. The van der Waals surface area contributed by atoms with Gasteiger partial charge in [0.05, 0.1) is 22.7 Å². The number of nitrogens with one attached hydrogen (secondary N) is 1. The number of carbonyl (C=O) groups is 2. The van der Waals surface area contributed by atoms with Crippen LogP contribution in [0.25, 0.3) is 0 Å². The van der Waals surface area contributed by atoms with Crippen LogP contribution in [0, 0.1) is 0 Å².